The molecule has 1 aliphatic rings. The third kappa shape index (κ3) is 2.46. The highest BCUT2D eigenvalue weighted by molar-refractivity contribution is 5.75. The molecule has 2 aromatic rings. The lowest BCUT2D eigenvalue weighted by Crippen LogP contribution is -2.21. The van der Waals surface area contributed by atoms with E-state index in [1.54, 1.807) is 0 Å². The number of nitrogens with zero attached hydrogens (tertiary/aromatic N) is 2. The Morgan fingerprint density at radius 2 is 2.35 bits per heavy atom. The van der Waals surface area contributed by atoms with Crippen LogP contribution in [0, 0.1) is 6.92 Å². The van der Waals surface area contributed by atoms with E-state index in [1.165, 1.54) is 11.1 Å². The van der Waals surface area contributed by atoms with Crippen LogP contribution in [0.5, 0.6) is 0 Å². The Bertz CT molecular complexity index is 646. The third-order valence-corrected chi connectivity index (χ3v) is 3.83. The summed E-state index contributed by atoms with van der Waals surface area (Å²) in [5.41, 5.74) is 3.40. The van der Waals surface area contributed by atoms with E-state index in [0.29, 0.717) is 12.2 Å². The summed E-state index contributed by atoms with van der Waals surface area (Å²) >= 11 is 0. The number of carboxylic acids is 1. The second kappa shape index (κ2) is 5.12. The van der Waals surface area contributed by atoms with Crippen LogP contribution < -0.4 is 0 Å². The number of imidazole rings is 1. The number of rotatable bonds is 3. The van der Waals surface area contributed by atoms with E-state index in [1.807, 2.05) is 16.8 Å². The van der Waals surface area contributed by atoms with Gasteiger partial charge in [0, 0.05) is 19.2 Å². The highest BCUT2D eigenvalue weighted by Gasteiger charge is 2.28. The molecule has 4 nitrogen and oxygen atoms in total. The maximum atomic E-state index is 11.3. The molecule has 1 N–H and O–H groups in total. The molecule has 0 saturated heterocycles. The van der Waals surface area contributed by atoms with Gasteiger partial charge in [0.05, 0.1) is 5.69 Å². The number of carboxylic acid groups (broad SMARTS) is 1. The van der Waals surface area contributed by atoms with Crippen LogP contribution in [-0.4, -0.2) is 20.6 Å². The first-order valence-electron chi connectivity index (χ1n) is 6.98. The summed E-state index contributed by atoms with van der Waals surface area (Å²) in [6, 6.07) is 8.34. The van der Waals surface area contributed by atoms with Crippen LogP contribution in [0.4, 0.5) is 0 Å². The fourth-order valence-electron chi connectivity index (χ4n) is 2.89. The highest BCUT2D eigenvalue weighted by atomic mass is 16.4. The number of hydrogen-bond donors (Lipinski definition) is 1. The molecule has 20 heavy (non-hydrogen) atoms. The maximum absolute atomic E-state index is 11.3. The van der Waals surface area contributed by atoms with Crippen molar-refractivity contribution in [3.8, 4) is 0 Å². The number of aromatic nitrogens is 2. The Labute approximate surface area is 118 Å². The third-order valence-electron chi connectivity index (χ3n) is 3.83. The summed E-state index contributed by atoms with van der Waals surface area (Å²) < 4.78 is 2.01. The number of carbonyl (C=O) groups is 1. The van der Waals surface area contributed by atoms with Gasteiger partial charge in [-0.15, -0.1) is 0 Å². The van der Waals surface area contributed by atoms with E-state index in [0.717, 1.165) is 25.1 Å². The summed E-state index contributed by atoms with van der Waals surface area (Å²) in [5.74, 6) is -0.500. The van der Waals surface area contributed by atoms with E-state index in [9.17, 15) is 9.90 Å². The first kappa shape index (κ1) is 12.9. The Kier molecular flexibility index (Phi) is 3.30. The Balaban J connectivity index is 1.87. The molecule has 2 heterocycles. The minimum Gasteiger partial charge on any atom is -0.481 e. The normalized spacial score (nSPS) is 17.8. The minimum atomic E-state index is -0.765. The standard InChI is InChI=1S/C16H18N2O2/c1-11-4-2-5-12(8-11)9-13-10-18-7-3-6-14(16(19)20)15(18)17-13/h2,4-5,8,10,14H,3,6-7,9H2,1H3,(H,19,20). The van der Waals surface area contributed by atoms with Gasteiger partial charge < -0.3 is 9.67 Å². The largest absolute Gasteiger partial charge is 0.481 e. The predicted octanol–water partition coefficient (Wildman–Crippen LogP) is 2.74. The zero-order chi connectivity index (χ0) is 14.1. The molecule has 4 heteroatoms. The summed E-state index contributed by atoms with van der Waals surface area (Å²) in [4.78, 5) is 15.8. The summed E-state index contributed by atoms with van der Waals surface area (Å²) in [6.45, 7) is 2.95. The van der Waals surface area contributed by atoms with Gasteiger partial charge in [-0.3, -0.25) is 4.79 Å². The van der Waals surface area contributed by atoms with Crippen LogP contribution in [0.1, 0.15) is 41.4 Å². The van der Waals surface area contributed by atoms with Crippen molar-refractivity contribution in [3.05, 3.63) is 53.1 Å². The van der Waals surface area contributed by atoms with E-state index < -0.39 is 11.9 Å². The van der Waals surface area contributed by atoms with Crippen LogP contribution >= 0.6 is 0 Å². The molecule has 1 atom stereocenters. The zero-order valence-corrected chi connectivity index (χ0v) is 11.5. The lowest BCUT2D eigenvalue weighted by atomic mass is 9.99. The lowest BCUT2D eigenvalue weighted by Gasteiger charge is -2.19. The van der Waals surface area contributed by atoms with Crippen LogP contribution in [0.25, 0.3) is 0 Å². The number of fused-ring (bicyclic) bond motifs is 1. The van der Waals surface area contributed by atoms with Crippen molar-refractivity contribution in [1.82, 2.24) is 9.55 Å². The molecule has 3 rings (SSSR count). The fourth-order valence-corrected chi connectivity index (χ4v) is 2.89. The molecule has 1 unspecified atom stereocenters. The van der Waals surface area contributed by atoms with Crippen LogP contribution in [0.15, 0.2) is 30.5 Å². The minimum absolute atomic E-state index is 0.449. The van der Waals surface area contributed by atoms with E-state index in [4.69, 9.17) is 0 Å². The van der Waals surface area contributed by atoms with Crippen LogP contribution in [0.2, 0.25) is 0 Å². The Morgan fingerprint density at radius 1 is 1.50 bits per heavy atom. The predicted molar refractivity (Wildman–Crippen MR) is 75.8 cm³/mol. The van der Waals surface area contributed by atoms with E-state index in [-0.39, 0.29) is 0 Å². The summed E-state index contributed by atoms with van der Waals surface area (Å²) in [5, 5.41) is 9.27. The van der Waals surface area contributed by atoms with Gasteiger partial charge in [0.25, 0.3) is 0 Å². The van der Waals surface area contributed by atoms with Gasteiger partial charge in [-0.1, -0.05) is 29.8 Å². The van der Waals surface area contributed by atoms with Crippen molar-refractivity contribution in [1.29, 1.82) is 0 Å². The van der Waals surface area contributed by atoms with E-state index >= 15 is 0 Å². The number of aryl methyl sites for hydroxylation is 2. The van der Waals surface area contributed by atoms with Crippen molar-refractivity contribution >= 4 is 5.97 Å². The molecule has 0 fully saturated rings. The van der Waals surface area contributed by atoms with Gasteiger partial charge in [0.2, 0.25) is 0 Å². The first-order valence-corrected chi connectivity index (χ1v) is 6.98. The monoisotopic (exact) mass is 270 g/mol. The average Bonchev–Trinajstić information content (AvgIpc) is 2.80. The fraction of sp³-hybridized carbons (Fsp3) is 0.375. The van der Waals surface area contributed by atoms with Crippen molar-refractivity contribution in [2.75, 3.05) is 0 Å². The molecule has 1 aromatic carbocycles. The Hall–Kier alpha value is -2.10. The molecular formula is C16H18N2O2. The van der Waals surface area contributed by atoms with Gasteiger partial charge in [0.15, 0.2) is 0 Å². The molecule has 0 spiro atoms. The molecule has 0 aliphatic carbocycles. The Morgan fingerprint density at radius 3 is 3.10 bits per heavy atom. The molecule has 0 amide bonds. The van der Waals surface area contributed by atoms with Gasteiger partial charge >= 0.3 is 5.97 Å². The van der Waals surface area contributed by atoms with Crippen molar-refractivity contribution < 1.29 is 9.90 Å². The molecule has 1 aromatic heterocycles. The quantitative estimate of drug-likeness (QED) is 0.933. The van der Waals surface area contributed by atoms with Crippen molar-refractivity contribution in [3.63, 3.8) is 0 Å². The van der Waals surface area contributed by atoms with E-state index in [2.05, 4.69) is 30.1 Å². The smallest absolute Gasteiger partial charge is 0.314 e. The van der Waals surface area contributed by atoms with Crippen LogP contribution in [0.3, 0.4) is 0 Å². The molecule has 104 valence electrons. The summed E-state index contributed by atoms with van der Waals surface area (Å²) in [7, 11) is 0. The molecule has 1 aliphatic heterocycles. The van der Waals surface area contributed by atoms with Gasteiger partial charge in [-0.25, -0.2) is 4.98 Å². The lowest BCUT2D eigenvalue weighted by molar-refractivity contribution is -0.139. The second-order valence-corrected chi connectivity index (χ2v) is 5.48. The number of benzene rings is 1. The number of aliphatic carboxylic acids is 1. The molecular weight excluding hydrogens is 252 g/mol. The van der Waals surface area contributed by atoms with Crippen molar-refractivity contribution in [2.24, 2.45) is 0 Å². The second-order valence-electron chi connectivity index (χ2n) is 5.48. The topological polar surface area (TPSA) is 55.1 Å². The maximum Gasteiger partial charge on any atom is 0.314 e. The number of hydrogen-bond acceptors (Lipinski definition) is 2. The SMILES string of the molecule is Cc1cccc(Cc2cn3c(n2)C(C(=O)O)CCC3)c1. The molecule has 0 bridgehead atoms. The highest BCUT2D eigenvalue weighted by Crippen LogP contribution is 2.27. The van der Waals surface area contributed by atoms with Gasteiger partial charge in [0.1, 0.15) is 11.7 Å². The van der Waals surface area contributed by atoms with Gasteiger partial charge in [-0.05, 0) is 25.3 Å². The van der Waals surface area contributed by atoms with Gasteiger partial charge in [-0.2, -0.15) is 0 Å². The first-order chi connectivity index (χ1) is 9.63. The van der Waals surface area contributed by atoms with Crippen LogP contribution in [-0.2, 0) is 17.8 Å². The zero-order valence-electron chi connectivity index (χ0n) is 11.5. The molecule has 0 radical (unpaired) electrons. The summed E-state index contributed by atoms with van der Waals surface area (Å²) in [6.07, 6.45) is 4.36. The molecule has 0 saturated carbocycles. The average molecular weight is 270 g/mol. The van der Waals surface area contributed by atoms with Crippen molar-refractivity contribution in [2.45, 2.75) is 38.6 Å².